The molecule has 1 aliphatic rings. The molecule has 0 unspecified atom stereocenters. The molecule has 0 N–H and O–H groups in total. The minimum absolute atomic E-state index is 0.0182. The molecular weight excluding hydrogens is 366 g/mol. The summed E-state index contributed by atoms with van der Waals surface area (Å²) in [6.07, 6.45) is 3.69. The fraction of sp³-hybridized carbons (Fsp3) is 0.368. The molecule has 0 aliphatic heterocycles. The van der Waals surface area contributed by atoms with Crippen molar-refractivity contribution >= 4 is 28.2 Å². The summed E-state index contributed by atoms with van der Waals surface area (Å²) in [4.78, 5) is 22.3. The molecule has 3 aromatic heterocycles. The van der Waals surface area contributed by atoms with E-state index in [-0.39, 0.29) is 22.9 Å². The molecule has 1 saturated carbocycles. The van der Waals surface area contributed by atoms with Gasteiger partial charge in [0.25, 0.3) is 11.4 Å². The van der Waals surface area contributed by atoms with Crippen LogP contribution in [0.25, 0.3) is 28.1 Å². The molecule has 3 heterocycles. The summed E-state index contributed by atoms with van der Waals surface area (Å²) < 4.78 is 8.91. The zero-order chi connectivity index (χ0) is 18.9. The molecule has 0 spiro atoms. The summed E-state index contributed by atoms with van der Waals surface area (Å²) in [7, 11) is 0. The van der Waals surface area contributed by atoms with Crippen molar-refractivity contribution in [3.8, 4) is 11.6 Å². The number of hydrogen-bond donors (Lipinski definition) is 0. The van der Waals surface area contributed by atoms with E-state index in [1.165, 1.54) is 0 Å². The van der Waals surface area contributed by atoms with Crippen LogP contribution in [0.2, 0.25) is 5.02 Å². The van der Waals surface area contributed by atoms with Crippen molar-refractivity contribution in [3.63, 3.8) is 0 Å². The predicted molar refractivity (Wildman–Crippen MR) is 102 cm³/mol. The minimum atomic E-state index is -0.185. The Morgan fingerprint density at radius 3 is 2.74 bits per heavy atom. The van der Waals surface area contributed by atoms with Crippen molar-refractivity contribution in [1.29, 1.82) is 0 Å². The van der Waals surface area contributed by atoms with Gasteiger partial charge in [0.1, 0.15) is 11.8 Å². The summed E-state index contributed by atoms with van der Waals surface area (Å²) in [5.74, 6) is 0.945. The first-order valence-corrected chi connectivity index (χ1v) is 9.33. The molecule has 8 heteroatoms. The second-order valence-electron chi connectivity index (χ2n) is 7.67. The van der Waals surface area contributed by atoms with Crippen LogP contribution in [-0.2, 0) is 5.41 Å². The topological polar surface area (TPSA) is 78.2 Å². The highest BCUT2D eigenvalue weighted by Crippen LogP contribution is 2.46. The second-order valence-corrected chi connectivity index (χ2v) is 8.08. The van der Waals surface area contributed by atoms with Gasteiger partial charge in [-0.05, 0) is 38.8 Å². The molecule has 0 atom stereocenters. The molecule has 27 heavy (non-hydrogen) atoms. The van der Waals surface area contributed by atoms with Gasteiger partial charge in [-0.3, -0.25) is 9.20 Å². The third kappa shape index (κ3) is 2.27. The van der Waals surface area contributed by atoms with Crippen molar-refractivity contribution in [3.05, 3.63) is 45.7 Å². The SMILES string of the molecule is CC(C)n1c(=O)c2c(-c3nc(C4(C)CC4)no3)ncn2c2cccc(Cl)c21. The number of fused-ring (bicyclic) bond motifs is 3. The van der Waals surface area contributed by atoms with E-state index in [2.05, 4.69) is 22.0 Å². The third-order valence-electron chi connectivity index (χ3n) is 5.34. The maximum atomic E-state index is 13.4. The Balaban J connectivity index is 1.85. The highest BCUT2D eigenvalue weighted by atomic mass is 35.5. The van der Waals surface area contributed by atoms with Crippen LogP contribution in [0.1, 0.15) is 45.5 Å². The van der Waals surface area contributed by atoms with Crippen LogP contribution in [0.5, 0.6) is 0 Å². The first-order valence-electron chi connectivity index (χ1n) is 8.95. The maximum absolute atomic E-state index is 13.4. The van der Waals surface area contributed by atoms with E-state index < -0.39 is 0 Å². The Bertz CT molecular complexity index is 1260. The molecule has 1 aromatic carbocycles. The Morgan fingerprint density at radius 2 is 2.04 bits per heavy atom. The quantitative estimate of drug-likeness (QED) is 0.534. The lowest BCUT2D eigenvalue weighted by Crippen LogP contribution is -2.25. The van der Waals surface area contributed by atoms with Gasteiger partial charge in [0, 0.05) is 11.5 Å². The molecule has 0 radical (unpaired) electrons. The van der Waals surface area contributed by atoms with Crippen molar-refractivity contribution in [1.82, 2.24) is 24.1 Å². The van der Waals surface area contributed by atoms with E-state index in [0.29, 0.717) is 27.6 Å². The predicted octanol–water partition coefficient (Wildman–Crippen LogP) is 3.99. The van der Waals surface area contributed by atoms with Crippen LogP contribution >= 0.6 is 11.6 Å². The lowest BCUT2D eigenvalue weighted by Gasteiger charge is -2.16. The molecule has 1 fully saturated rings. The smallest absolute Gasteiger partial charge is 0.279 e. The van der Waals surface area contributed by atoms with E-state index >= 15 is 0 Å². The van der Waals surface area contributed by atoms with Crippen molar-refractivity contribution in [2.24, 2.45) is 0 Å². The molecule has 5 rings (SSSR count). The van der Waals surface area contributed by atoms with E-state index in [1.807, 2.05) is 26.0 Å². The number of benzene rings is 1. The molecule has 138 valence electrons. The van der Waals surface area contributed by atoms with Crippen LogP contribution in [0.15, 0.2) is 33.8 Å². The molecule has 7 nitrogen and oxygen atoms in total. The first-order chi connectivity index (χ1) is 12.9. The van der Waals surface area contributed by atoms with Gasteiger partial charge in [-0.25, -0.2) is 4.98 Å². The van der Waals surface area contributed by atoms with Gasteiger partial charge in [0.2, 0.25) is 0 Å². The van der Waals surface area contributed by atoms with Crippen LogP contribution in [0.3, 0.4) is 0 Å². The summed E-state index contributed by atoms with van der Waals surface area (Å²) in [6.45, 7) is 6.01. The van der Waals surface area contributed by atoms with Gasteiger partial charge in [-0.1, -0.05) is 29.7 Å². The first kappa shape index (κ1) is 16.5. The Hall–Kier alpha value is -2.67. The molecular formula is C19H18ClN5O2. The van der Waals surface area contributed by atoms with E-state index in [9.17, 15) is 4.79 Å². The zero-order valence-corrected chi connectivity index (χ0v) is 16.0. The lowest BCUT2D eigenvalue weighted by atomic mass is 10.1. The number of hydrogen-bond acceptors (Lipinski definition) is 5. The third-order valence-corrected chi connectivity index (χ3v) is 5.64. The number of halogens is 1. The van der Waals surface area contributed by atoms with Gasteiger partial charge in [0.15, 0.2) is 11.5 Å². The molecule has 4 aromatic rings. The molecule has 1 aliphatic carbocycles. The Morgan fingerprint density at radius 1 is 1.26 bits per heavy atom. The maximum Gasteiger partial charge on any atom is 0.279 e. The molecule has 0 bridgehead atoms. The van der Waals surface area contributed by atoms with Gasteiger partial charge < -0.3 is 9.09 Å². The largest absolute Gasteiger partial charge is 0.332 e. The van der Waals surface area contributed by atoms with Gasteiger partial charge in [-0.15, -0.1) is 0 Å². The zero-order valence-electron chi connectivity index (χ0n) is 15.2. The van der Waals surface area contributed by atoms with E-state index in [1.54, 1.807) is 21.4 Å². The van der Waals surface area contributed by atoms with Crippen molar-refractivity contribution in [2.75, 3.05) is 0 Å². The van der Waals surface area contributed by atoms with Crippen LogP contribution in [-0.4, -0.2) is 24.1 Å². The molecule has 0 amide bonds. The average Bonchev–Trinajstić information content (AvgIpc) is 3.06. The number of aromatic nitrogens is 5. The van der Waals surface area contributed by atoms with E-state index in [4.69, 9.17) is 16.1 Å². The number of rotatable bonds is 3. The summed E-state index contributed by atoms with van der Waals surface area (Å²) >= 11 is 6.43. The normalized spacial score (nSPS) is 15.9. The fourth-order valence-corrected chi connectivity index (χ4v) is 3.77. The molecule has 0 saturated heterocycles. The highest BCUT2D eigenvalue weighted by Gasteiger charge is 2.44. The Kier molecular flexibility index (Phi) is 3.31. The van der Waals surface area contributed by atoms with Crippen LogP contribution in [0, 0.1) is 0 Å². The highest BCUT2D eigenvalue weighted by molar-refractivity contribution is 6.35. The Labute approximate surface area is 159 Å². The summed E-state index contributed by atoms with van der Waals surface area (Å²) in [5, 5.41) is 4.64. The van der Waals surface area contributed by atoms with Gasteiger partial charge in [0.05, 0.1) is 16.1 Å². The van der Waals surface area contributed by atoms with Crippen molar-refractivity contribution in [2.45, 2.75) is 45.1 Å². The monoisotopic (exact) mass is 383 g/mol. The van der Waals surface area contributed by atoms with Crippen molar-refractivity contribution < 1.29 is 4.52 Å². The second kappa shape index (κ2) is 5.42. The van der Waals surface area contributed by atoms with Crippen LogP contribution in [0.4, 0.5) is 0 Å². The summed E-state index contributed by atoms with van der Waals surface area (Å²) in [6, 6.07) is 5.49. The number of imidazole rings is 1. The lowest BCUT2D eigenvalue weighted by molar-refractivity contribution is 0.415. The van der Waals surface area contributed by atoms with Gasteiger partial charge >= 0.3 is 0 Å². The average molecular weight is 384 g/mol. The summed E-state index contributed by atoms with van der Waals surface area (Å²) in [5.41, 5.74) is 2.10. The van der Waals surface area contributed by atoms with Crippen LogP contribution < -0.4 is 5.56 Å². The minimum Gasteiger partial charge on any atom is -0.332 e. The number of nitrogens with zero attached hydrogens (tertiary/aromatic N) is 5. The van der Waals surface area contributed by atoms with Gasteiger partial charge in [-0.2, -0.15) is 4.98 Å². The fourth-order valence-electron chi connectivity index (χ4n) is 3.51. The number of para-hydroxylation sites is 1. The standard InChI is InChI=1S/C19H18ClN5O2/c1-10(2)25-14-11(20)5-4-6-12(14)24-9-21-13(15(24)17(25)26)16-22-18(23-27-16)19(3)7-8-19/h4-6,9-10H,7-8H2,1-3H3. The van der Waals surface area contributed by atoms with E-state index in [0.717, 1.165) is 18.4 Å².